The lowest BCUT2D eigenvalue weighted by molar-refractivity contribution is 0.0938. The van der Waals surface area contributed by atoms with Crippen molar-refractivity contribution in [2.75, 3.05) is 18.6 Å². The van der Waals surface area contributed by atoms with Crippen molar-refractivity contribution in [3.63, 3.8) is 0 Å². The minimum absolute atomic E-state index is 0.0285. The number of anilines is 1. The van der Waals surface area contributed by atoms with Crippen LogP contribution >= 0.6 is 11.8 Å². The van der Waals surface area contributed by atoms with Gasteiger partial charge in [0, 0.05) is 24.5 Å². The first kappa shape index (κ1) is 13.2. The van der Waals surface area contributed by atoms with Crippen molar-refractivity contribution in [1.82, 2.24) is 10.3 Å². The summed E-state index contributed by atoms with van der Waals surface area (Å²) in [4.78, 5) is 16.3. The van der Waals surface area contributed by atoms with Gasteiger partial charge in [0.25, 0.3) is 5.91 Å². The Bertz CT molecular complexity index is 424. The number of pyridine rings is 1. The highest BCUT2D eigenvalue weighted by atomic mass is 32.2. The number of hydrogen-bond donors (Lipinski definition) is 2. The number of nitrogens with one attached hydrogen (secondary N) is 2. The number of nitrogens with zero attached hydrogens (tertiary/aromatic N) is 1. The Hall–Kier alpha value is -1.23. The normalized spacial score (nSPS) is 22.8. The van der Waals surface area contributed by atoms with Crippen LogP contribution < -0.4 is 10.6 Å². The van der Waals surface area contributed by atoms with Crippen LogP contribution in [0.15, 0.2) is 18.3 Å². The van der Waals surface area contributed by atoms with E-state index in [1.165, 1.54) is 6.42 Å². The molecular weight excluding hydrogens is 246 g/mol. The second-order valence-corrected chi connectivity index (χ2v) is 5.63. The average Bonchev–Trinajstić information content (AvgIpc) is 2.86. The van der Waals surface area contributed by atoms with E-state index in [4.69, 9.17) is 0 Å². The van der Waals surface area contributed by atoms with Crippen LogP contribution in [-0.2, 0) is 0 Å². The fourth-order valence-corrected chi connectivity index (χ4v) is 3.13. The Morgan fingerprint density at radius 3 is 3.00 bits per heavy atom. The van der Waals surface area contributed by atoms with Gasteiger partial charge in [-0.3, -0.25) is 4.79 Å². The summed E-state index contributed by atoms with van der Waals surface area (Å²) in [6.07, 6.45) is 7.16. The van der Waals surface area contributed by atoms with E-state index in [9.17, 15) is 4.79 Å². The van der Waals surface area contributed by atoms with Crippen molar-refractivity contribution in [2.24, 2.45) is 0 Å². The summed E-state index contributed by atoms with van der Waals surface area (Å²) < 4.78 is 0. The molecule has 1 aliphatic rings. The second-order valence-electron chi connectivity index (χ2n) is 4.49. The Kier molecular flexibility index (Phi) is 4.47. The molecule has 18 heavy (non-hydrogen) atoms. The van der Waals surface area contributed by atoms with Gasteiger partial charge in [-0.05, 0) is 37.7 Å². The predicted molar refractivity (Wildman–Crippen MR) is 76.2 cm³/mol. The summed E-state index contributed by atoms with van der Waals surface area (Å²) in [6, 6.07) is 3.89. The van der Waals surface area contributed by atoms with Gasteiger partial charge in [0.15, 0.2) is 0 Å². The standard InChI is InChI=1S/C13H19N3OS/c1-14-12-11(4-3-7-15-12)13(17)16-9-5-6-10(8-9)18-2/h3-4,7,9-10H,5-6,8H2,1-2H3,(H,14,15)(H,16,17). The molecule has 0 aliphatic heterocycles. The van der Waals surface area contributed by atoms with E-state index in [2.05, 4.69) is 21.9 Å². The topological polar surface area (TPSA) is 54.0 Å². The maximum absolute atomic E-state index is 12.2. The Labute approximate surface area is 112 Å². The molecule has 2 rings (SSSR count). The number of rotatable bonds is 4. The van der Waals surface area contributed by atoms with E-state index in [0.717, 1.165) is 12.8 Å². The molecule has 1 aromatic rings. The number of amides is 1. The van der Waals surface area contributed by atoms with Crippen LogP contribution in [-0.4, -0.2) is 35.5 Å². The number of carbonyl (C=O) groups is 1. The van der Waals surface area contributed by atoms with Gasteiger partial charge in [0.2, 0.25) is 0 Å². The van der Waals surface area contributed by atoms with Gasteiger partial charge in [-0.15, -0.1) is 0 Å². The molecule has 1 fully saturated rings. The zero-order valence-corrected chi connectivity index (χ0v) is 11.6. The van der Waals surface area contributed by atoms with Crippen molar-refractivity contribution in [1.29, 1.82) is 0 Å². The van der Waals surface area contributed by atoms with Gasteiger partial charge in [-0.25, -0.2) is 4.98 Å². The van der Waals surface area contributed by atoms with Gasteiger partial charge >= 0.3 is 0 Å². The second kappa shape index (κ2) is 6.09. The fourth-order valence-electron chi connectivity index (χ4n) is 2.34. The third kappa shape index (κ3) is 2.96. The minimum Gasteiger partial charge on any atom is -0.372 e. The highest BCUT2D eigenvalue weighted by Crippen LogP contribution is 2.28. The van der Waals surface area contributed by atoms with Gasteiger partial charge in [-0.2, -0.15) is 11.8 Å². The molecule has 0 aromatic carbocycles. The molecule has 1 heterocycles. The number of carbonyl (C=O) groups excluding carboxylic acids is 1. The highest BCUT2D eigenvalue weighted by molar-refractivity contribution is 7.99. The number of thioether (sulfide) groups is 1. The molecule has 1 aromatic heterocycles. The summed E-state index contributed by atoms with van der Waals surface area (Å²) in [7, 11) is 1.78. The Morgan fingerprint density at radius 1 is 1.50 bits per heavy atom. The molecule has 2 atom stereocenters. The third-order valence-corrected chi connectivity index (χ3v) is 4.44. The molecule has 0 bridgehead atoms. The monoisotopic (exact) mass is 265 g/mol. The molecule has 2 N–H and O–H groups in total. The lowest BCUT2D eigenvalue weighted by atomic mass is 10.2. The molecule has 4 nitrogen and oxygen atoms in total. The van der Waals surface area contributed by atoms with Crippen LogP contribution in [0.4, 0.5) is 5.82 Å². The van der Waals surface area contributed by atoms with E-state index in [-0.39, 0.29) is 5.91 Å². The first-order valence-electron chi connectivity index (χ1n) is 6.21. The average molecular weight is 265 g/mol. The van der Waals surface area contributed by atoms with E-state index in [1.807, 2.05) is 11.8 Å². The van der Waals surface area contributed by atoms with Crippen molar-refractivity contribution in [3.05, 3.63) is 23.9 Å². The zero-order chi connectivity index (χ0) is 13.0. The van der Waals surface area contributed by atoms with Gasteiger partial charge in [0.05, 0.1) is 5.56 Å². The molecule has 2 unspecified atom stereocenters. The first-order valence-corrected chi connectivity index (χ1v) is 7.49. The fraction of sp³-hybridized carbons (Fsp3) is 0.538. The maximum atomic E-state index is 12.2. The lowest BCUT2D eigenvalue weighted by Gasteiger charge is -2.14. The molecule has 5 heteroatoms. The van der Waals surface area contributed by atoms with E-state index in [0.29, 0.717) is 22.7 Å². The van der Waals surface area contributed by atoms with Crippen molar-refractivity contribution in [2.45, 2.75) is 30.6 Å². The van der Waals surface area contributed by atoms with Crippen LogP contribution in [0.25, 0.3) is 0 Å². The Balaban J connectivity index is 2.00. The Morgan fingerprint density at radius 2 is 2.33 bits per heavy atom. The molecule has 1 saturated carbocycles. The maximum Gasteiger partial charge on any atom is 0.255 e. The molecule has 0 saturated heterocycles. The summed E-state index contributed by atoms with van der Waals surface area (Å²) in [5.74, 6) is 0.605. The number of aromatic nitrogens is 1. The molecule has 0 radical (unpaired) electrons. The van der Waals surface area contributed by atoms with Crippen LogP contribution in [0.3, 0.4) is 0 Å². The van der Waals surface area contributed by atoms with Crippen LogP contribution in [0.2, 0.25) is 0 Å². The van der Waals surface area contributed by atoms with Crippen LogP contribution in [0.1, 0.15) is 29.6 Å². The van der Waals surface area contributed by atoms with Crippen molar-refractivity contribution >= 4 is 23.5 Å². The van der Waals surface area contributed by atoms with Gasteiger partial charge < -0.3 is 10.6 Å². The molecule has 1 amide bonds. The number of hydrogen-bond acceptors (Lipinski definition) is 4. The van der Waals surface area contributed by atoms with Gasteiger partial charge in [0.1, 0.15) is 5.82 Å². The van der Waals surface area contributed by atoms with E-state index >= 15 is 0 Å². The quantitative estimate of drug-likeness (QED) is 0.876. The molecule has 98 valence electrons. The lowest BCUT2D eigenvalue weighted by Crippen LogP contribution is -2.33. The van der Waals surface area contributed by atoms with Crippen molar-refractivity contribution in [3.8, 4) is 0 Å². The highest BCUT2D eigenvalue weighted by Gasteiger charge is 2.26. The smallest absolute Gasteiger partial charge is 0.255 e. The van der Waals surface area contributed by atoms with E-state index < -0.39 is 0 Å². The van der Waals surface area contributed by atoms with Gasteiger partial charge in [-0.1, -0.05) is 0 Å². The summed E-state index contributed by atoms with van der Waals surface area (Å²) in [5.41, 5.74) is 0.618. The molecule has 0 spiro atoms. The largest absolute Gasteiger partial charge is 0.372 e. The minimum atomic E-state index is -0.0285. The molecule has 1 aliphatic carbocycles. The zero-order valence-electron chi connectivity index (χ0n) is 10.8. The van der Waals surface area contributed by atoms with E-state index in [1.54, 1.807) is 25.4 Å². The van der Waals surface area contributed by atoms with Crippen LogP contribution in [0, 0.1) is 0 Å². The SMILES string of the molecule is CNc1ncccc1C(=O)NC1CCC(SC)C1. The summed E-state index contributed by atoms with van der Waals surface area (Å²) in [6.45, 7) is 0. The first-order chi connectivity index (χ1) is 8.74. The van der Waals surface area contributed by atoms with Crippen LogP contribution in [0.5, 0.6) is 0 Å². The third-order valence-electron chi connectivity index (χ3n) is 3.34. The molecular formula is C13H19N3OS. The summed E-state index contributed by atoms with van der Waals surface area (Å²) >= 11 is 1.89. The predicted octanol–water partition coefficient (Wildman–Crippen LogP) is 2.14. The van der Waals surface area contributed by atoms with Crippen molar-refractivity contribution < 1.29 is 4.79 Å². The summed E-state index contributed by atoms with van der Waals surface area (Å²) in [5, 5.41) is 6.74.